The first-order valence-electron chi connectivity index (χ1n) is 5.46. The summed E-state index contributed by atoms with van der Waals surface area (Å²) in [6.45, 7) is 0. The lowest BCUT2D eigenvalue weighted by atomic mass is 9.98. The van der Waals surface area contributed by atoms with Gasteiger partial charge in [-0.3, -0.25) is 0 Å². The minimum Gasteiger partial charge on any atom is -0.478 e. The SMILES string of the molecule is O=C(O)c1cc(-c2cc(F)ccc2C(=O)O)ccc1Cl. The van der Waals surface area contributed by atoms with Gasteiger partial charge in [0.25, 0.3) is 0 Å². The van der Waals surface area contributed by atoms with Crippen LogP contribution in [0.2, 0.25) is 5.02 Å². The number of hydrogen-bond acceptors (Lipinski definition) is 2. The average Bonchev–Trinajstić information content (AvgIpc) is 2.38. The number of benzene rings is 2. The highest BCUT2D eigenvalue weighted by Gasteiger charge is 2.16. The fourth-order valence-corrected chi connectivity index (χ4v) is 2.00. The molecule has 4 nitrogen and oxygen atoms in total. The predicted octanol–water partition coefficient (Wildman–Crippen LogP) is 3.54. The van der Waals surface area contributed by atoms with Crippen LogP contribution in [0.15, 0.2) is 36.4 Å². The zero-order chi connectivity index (χ0) is 14.9. The van der Waals surface area contributed by atoms with E-state index < -0.39 is 17.8 Å². The number of rotatable bonds is 3. The van der Waals surface area contributed by atoms with Gasteiger partial charge in [0, 0.05) is 0 Å². The van der Waals surface area contributed by atoms with Gasteiger partial charge in [-0.25, -0.2) is 14.0 Å². The van der Waals surface area contributed by atoms with Crippen molar-refractivity contribution in [1.82, 2.24) is 0 Å². The molecule has 6 heteroatoms. The van der Waals surface area contributed by atoms with Crippen LogP contribution in [0.1, 0.15) is 20.7 Å². The molecule has 0 saturated carbocycles. The molecular formula is C14H8ClFO4. The second-order valence-corrected chi connectivity index (χ2v) is 4.40. The normalized spacial score (nSPS) is 10.3. The van der Waals surface area contributed by atoms with Gasteiger partial charge in [0.15, 0.2) is 0 Å². The first-order chi connectivity index (χ1) is 9.40. The van der Waals surface area contributed by atoms with Gasteiger partial charge in [0.05, 0.1) is 16.1 Å². The van der Waals surface area contributed by atoms with E-state index in [2.05, 4.69) is 0 Å². The maximum Gasteiger partial charge on any atom is 0.337 e. The first kappa shape index (κ1) is 14.0. The van der Waals surface area contributed by atoms with E-state index in [9.17, 15) is 14.0 Å². The van der Waals surface area contributed by atoms with Crippen molar-refractivity contribution in [2.24, 2.45) is 0 Å². The van der Waals surface area contributed by atoms with Crippen LogP contribution in [0.25, 0.3) is 11.1 Å². The van der Waals surface area contributed by atoms with Crippen LogP contribution in [-0.2, 0) is 0 Å². The Morgan fingerprint density at radius 2 is 1.60 bits per heavy atom. The monoisotopic (exact) mass is 294 g/mol. The summed E-state index contributed by atoms with van der Waals surface area (Å²) in [5, 5.41) is 18.1. The van der Waals surface area contributed by atoms with E-state index >= 15 is 0 Å². The van der Waals surface area contributed by atoms with Gasteiger partial charge in [0.2, 0.25) is 0 Å². The predicted molar refractivity (Wildman–Crippen MR) is 70.8 cm³/mol. The lowest BCUT2D eigenvalue weighted by Crippen LogP contribution is -2.02. The molecule has 0 aliphatic rings. The van der Waals surface area contributed by atoms with Crippen molar-refractivity contribution in [3.63, 3.8) is 0 Å². The molecule has 2 aromatic rings. The third kappa shape index (κ3) is 2.62. The number of carbonyl (C=O) groups is 2. The van der Waals surface area contributed by atoms with Gasteiger partial charge in [0.1, 0.15) is 5.82 Å². The first-order valence-corrected chi connectivity index (χ1v) is 5.84. The third-order valence-electron chi connectivity index (χ3n) is 2.72. The number of halogens is 2. The molecule has 0 aromatic heterocycles. The Labute approximate surface area is 118 Å². The van der Waals surface area contributed by atoms with Crippen LogP contribution in [0.5, 0.6) is 0 Å². The van der Waals surface area contributed by atoms with E-state index in [1.807, 2.05) is 0 Å². The Hall–Kier alpha value is -2.40. The lowest BCUT2D eigenvalue weighted by Gasteiger charge is -2.08. The number of aromatic carboxylic acids is 2. The van der Waals surface area contributed by atoms with E-state index in [-0.39, 0.29) is 27.3 Å². The van der Waals surface area contributed by atoms with Gasteiger partial charge in [-0.1, -0.05) is 17.7 Å². The van der Waals surface area contributed by atoms with Crippen molar-refractivity contribution in [3.05, 3.63) is 58.4 Å². The Morgan fingerprint density at radius 3 is 2.20 bits per heavy atom. The zero-order valence-electron chi connectivity index (χ0n) is 9.93. The number of carboxylic acids is 2. The van der Waals surface area contributed by atoms with Gasteiger partial charge >= 0.3 is 11.9 Å². The van der Waals surface area contributed by atoms with E-state index in [4.69, 9.17) is 21.8 Å². The quantitative estimate of drug-likeness (QED) is 0.908. The Bertz CT molecular complexity index is 712. The molecule has 0 aliphatic carbocycles. The van der Waals surface area contributed by atoms with Gasteiger partial charge < -0.3 is 10.2 Å². The van der Waals surface area contributed by atoms with Crippen molar-refractivity contribution >= 4 is 23.5 Å². The highest BCUT2D eigenvalue weighted by atomic mass is 35.5. The van der Waals surface area contributed by atoms with Crippen LogP contribution in [0, 0.1) is 5.82 Å². The van der Waals surface area contributed by atoms with Gasteiger partial charge in [-0.2, -0.15) is 0 Å². The molecule has 102 valence electrons. The van der Waals surface area contributed by atoms with Crippen LogP contribution < -0.4 is 0 Å². The molecule has 0 radical (unpaired) electrons. The fraction of sp³-hybridized carbons (Fsp3) is 0. The zero-order valence-corrected chi connectivity index (χ0v) is 10.7. The minimum atomic E-state index is -1.25. The van der Waals surface area contributed by atoms with E-state index in [1.54, 1.807) is 0 Å². The summed E-state index contributed by atoms with van der Waals surface area (Å²) in [6, 6.07) is 7.18. The summed E-state index contributed by atoms with van der Waals surface area (Å²) in [4.78, 5) is 22.1. The standard InChI is InChI=1S/C14H8ClFO4/c15-12-4-1-7(5-11(12)14(19)20)10-6-8(16)2-3-9(10)13(17)18/h1-6H,(H,17,18)(H,19,20). The van der Waals surface area contributed by atoms with Crippen molar-refractivity contribution in [2.75, 3.05) is 0 Å². The lowest BCUT2D eigenvalue weighted by molar-refractivity contribution is 0.0687. The fourth-order valence-electron chi connectivity index (χ4n) is 1.80. The summed E-state index contributed by atoms with van der Waals surface area (Å²) in [5.74, 6) is -3.09. The molecule has 0 amide bonds. The van der Waals surface area contributed by atoms with Gasteiger partial charge in [-0.05, 0) is 41.5 Å². The topological polar surface area (TPSA) is 74.6 Å². The van der Waals surface area contributed by atoms with Crippen molar-refractivity contribution in [3.8, 4) is 11.1 Å². The summed E-state index contributed by atoms with van der Waals surface area (Å²) in [7, 11) is 0. The summed E-state index contributed by atoms with van der Waals surface area (Å²) in [6.07, 6.45) is 0. The van der Waals surface area contributed by atoms with Crippen molar-refractivity contribution < 1.29 is 24.2 Å². The minimum absolute atomic E-state index is 0.0227. The molecule has 0 fully saturated rings. The van der Waals surface area contributed by atoms with Crippen LogP contribution >= 0.6 is 11.6 Å². The molecule has 0 heterocycles. The summed E-state index contributed by atoms with van der Waals surface area (Å²) < 4.78 is 13.3. The molecule has 2 aromatic carbocycles. The third-order valence-corrected chi connectivity index (χ3v) is 3.05. The molecule has 2 N–H and O–H groups in total. The number of carboxylic acid groups (broad SMARTS) is 2. The van der Waals surface area contributed by atoms with Crippen molar-refractivity contribution in [2.45, 2.75) is 0 Å². The Kier molecular flexibility index (Phi) is 3.72. The average molecular weight is 295 g/mol. The smallest absolute Gasteiger partial charge is 0.337 e. The highest BCUT2D eigenvalue weighted by molar-refractivity contribution is 6.33. The second-order valence-electron chi connectivity index (χ2n) is 3.99. The van der Waals surface area contributed by atoms with Crippen LogP contribution in [0.4, 0.5) is 4.39 Å². The Balaban J connectivity index is 2.68. The van der Waals surface area contributed by atoms with Crippen LogP contribution in [-0.4, -0.2) is 22.2 Å². The molecule has 2 rings (SSSR count). The van der Waals surface area contributed by atoms with E-state index in [1.165, 1.54) is 18.2 Å². The van der Waals surface area contributed by atoms with E-state index in [0.29, 0.717) is 0 Å². The highest BCUT2D eigenvalue weighted by Crippen LogP contribution is 2.28. The summed E-state index contributed by atoms with van der Waals surface area (Å²) in [5.41, 5.74) is 0.0650. The molecule has 0 spiro atoms. The summed E-state index contributed by atoms with van der Waals surface area (Å²) >= 11 is 5.74. The molecule has 0 saturated heterocycles. The maximum absolute atomic E-state index is 13.3. The maximum atomic E-state index is 13.3. The van der Waals surface area contributed by atoms with Crippen molar-refractivity contribution in [1.29, 1.82) is 0 Å². The largest absolute Gasteiger partial charge is 0.478 e. The molecule has 0 unspecified atom stereocenters. The number of hydrogen-bond donors (Lipinski definition) is 2. The molecular weight excluding hydrogens is 287 g/mol. The molecule has 0 bridgehead atoms. The van der Waals surface area contributed by atoms with Crippen LogP contribution in [0.3, 0.4) is 0 Å². The molecule has 20 heavy (non-hydrogen) atoms. The Morgan fingerprint density at radius 1 is 0.950 bits per heavy atom. The molecule has 0 aliphatic heterocycles. The van der Waals surface area contributed by atoms with E-state index in [0.717, 1.165) is 18.2 Å². The van der Waals surface area contributed by atoms with Gasteiger partial charge in [-0.15, -0.1) is 0 Å². The molecule has 0 atom stereocenters. The second kappa shape index (κ2) is 5.30.